The summed E-state index contributed by atoms with van der Waals surface area (Å²) in [5.41, 5.74) is 0. The van der Waals surface area contributed by atoms with Gasteiger partial charge >= 0.3 is 164 Å². The quantitative estimate of drug-likeness (QED) is 0.461. The van der Waals surface area contributed by atoms with Gasteiger partial charge in [0, 0.05) is 0 Å². The Kier molecular flexibility index (Phi) is 8.28. The first-order chi connectivity index (χ1) is 12.7. The van der Waals surface area contributed by atoms with E-state index in [9.17, 15) is 9.59 Å². The summed E-state index contributed by atoms with van der Waals surface area (Å²) in [6.45, 7) is 10.5. The van der Waals surface area contributed by atoms with Crippen LogP contribution in [-0.2, 0) is 16.6 Å². The molecule has 0 amide bonds. The van der Waals surface area contributed by atoms with Gasteiger partial charge in [-0.15, -0.1) is 0 Å². The van der Waals surface area contributed by atoms with Crippen LogP contribution < -0.4 is 0 Å². The van der Waals surface area contributed by atoms with Gasteiger partial charge in [-0.2, -0.15) is 0 Å². The second-order valence-corrected chi connectivity index (χ2v) is 8.76. The van der Waals surface area contributed by atoms with Crippen LogP contribution in [0.4, 0.5) is 0 Å². The summed E-state index contributed by atoms with van der Waals surface area (Å²) in [7, 11) is 0. The average Bonchev–Trinajstić information content (AvgIpc) is 2.67. The van der Waals surface area contributed by atoms with Crippen molar-refractivity contribution in [2.75, 3.05) is 78.5 Å². The first-order valence-corrected chi connectivity index (χ1v) is 11.8. The Labute approximate surface area is 164 Å². The van der Waals surface area contributed by atoms with Gasteiger partial charge in [-0.25, -0.2) is 0 Å². The molecule has 0 saturated carbocycles. The zero-order valence-electron chi connectivity index (χ0n) is 15.6. The molecule has 4 fully saturated rings. The van der Waals surface area contributed by atoms with Crippen LogP contribution in [0.3, 0.4) is 0 Å². The summed E-state index contributed by atoms with van der Waals surface area (Å²) < 4.78 is 10.5. The fraction of sp³-hybridized carbons (Fsp3) is 0.882. The summed E-state index contributed by atoms with van der Waals surface area (Å²) in [6.07, 6.45) is 3.29. The Morgan fingerprint density at radius 2 is 0.885 bits per heavy atom. The van der Waals surface area contributed by atoms with Crippen molar-refractivity contribution < 1.29 is 16.6 Å². The molecular weight excluding hydrogens is 394 g/mol. The molecule has 0 aromatic carbocycles. The van der Waals surface area contributed by atoms with Gasteiger partial charge in [-0.3, -0.25) is 0 Å². The molecule has 0 aromatic heterocycles. The summed E-state index contributed by atoms with van der Waals surface area (Å²) in [6, 6.07) is 0. The number of hydrogen-bond donors (Lipinski definition) is 0. The topological polar surface area (TPSA) is 65.6 Å². The standard InChI is InChI=1S/C17H32N4O4.Ga/c22-16(23)14-20-8-2-6-18-4-1-5-19(11-12-20)7-3-9-21(13-10-18)15-17(24)25;/h1-15H2,(H,22,23)(H,24,25);/q;+2/p-2. The third kappa shape index (κ3) is 6.86. The van der Waals surface area contributed by atoms with E-state index in [0.717, 1.165) is 78.3 Å². The predicted octanol–water partition coefficient (Wildman–Crippen LogP) is -0.974. The van der Waals surface area contributed by atoms with Crippen molar-refractivity contribution in [3.05, 3.63) is 0 Å². The van der Waals surface area contributed by atoms with Crippen LogP contribution in [0.5, 0.6) is 0 Å². The molecule has 145 valence electrons. The number of carbonyl (C=O) groups is 2. The molecule has 4 rings (SSSR count). The Morgan fingerprint density at radius 3 is 1.31 bits per heavy atom. The van der Waals surface area contributed by atoms with E-state index in [1.54, 1.807) is 0 Å². The van der Waals surface area contributed by atoms with Crippen LogP contribution in [-0.4, -0.2) is 128 Å². The van der Waals surface area contributed by atoms with Gasteiger partial charge in [0.05, 0.1) is 0 Å². The second-order valence-electron chi connectivity index (χ2n) is 7.37. The molecule has 8 nitrogen and oxygen atoms in total. The fourth-order valence-electron chi connectivity index (χ4n) is 3.90. The number of rotatable bonds is 0. The zero-order chi connectivity index (χ0) is 18.2. The van der Waals surface area contributed by atoms with E-state index in [4.69, 9.17) is 7.06 Å². The van der Waals surface area contributed by atoms with E-state index >= 15 is 0 Å². The van der Waals surface area contributed by atoms with Gasteiger partial charge in [0.15, 0.2) is 0 Å². The van der Waals surface area contributed by atoms with Gasteiger partial charge in [0.2, 0.25) is 0 Å². The summed E-state index contributed by atoms with van der Waals surface area (Å²) in [4.78, 5) is 33.7. The Hall–Kier alpha value is -0.584. The van der Waals surface area contributed by atoms with Gasteiger partial charge in [-0.05, 0) is 0 Å². The minimum absolute atomic E-state index is 0.252. The summed E-state index contributed by atoms with van der Waals surface area (Å²) in [5, 5.41) is 0. The molecule has 4 atom stereocenters. The first-order valence-electron chi connectivity index (χ1n) is 9.79. The molecule has 4 aliphatic heterocycles. The van der Waals surface area contributed by atoms with Crippen molar-refractivity contribution in [3.63, 3.8) is 0 Å². The van der Waals surface area contributed by atoms with Gasteiger partial charge in [0.1, 0.15) is 0 Å². The van der Waals surface area contributed by atoms with Crippen molar-refractivity contribution in [1.29, 1.82) is 0 Å². The van der Waals surface area contributed by atoms with Gasteiger partial charge in [-0.1, -0.05) is 0 Å². The molecule has 4 heterocycles. The molecular formula is C17H30GaN4O4. The van der Waals surface area contributed by atoms with Crippen LogP contribution in [0.1, 0.15) is 19.3 Å². The maximum atomic E-state index is 12.1. The Balaban J connectivity index is 1.79. The van der Waals surface area contributed by atoms with Crippen LogP contribution in [0.25, 0.3) is 0 Å². The van der Waals surface area contributed by atoms with Crippen LogP contribution >= 0.6 is 0 Å². The van der Waals surface area contributed by atoms with Crippen molar-refractivity contribution in [2.24, 2.45) is 0 Å². The second kappa shape index (κ2) is 10.7. The van der Waals surface area contributed by atoms with E-state index in [2.05, 4.69) is 19.6 Å². The third-order valence-corrected chi connectivity index (χ3v) is 6.88. The molecule has 0 N–H and O–H groups in total. The molecule has 9 heteroatoms. The van der Waals surface area contributed by atoms with E-state index in [1.807, 2.05) is 0 Å². The summed E-state index contributed by atoms with van der Waals surface area (Å²) in [5.74, 6) is -0.504. The van der Waals surface area contributed by atoms with Gasteiger partial charge < -0.3 is 0 Å². The predicted molar refractivity (Wildman–Crippen MR) is 97.5 cm³/mol. The SMILES string of the molecule is O=C1CN2CCCN3CCCN(CCCN(CC3)CC(=O)[O][Ga][O]1)CC2. The zero-order valence-corrected chi connectivity index (χ0v) is 18.0. The molecule has 0 aromatic rings. The third-order valence-electron chi connectivity index (χ3n) is 5.38. The molecule has 1 radical (unpaired) electrons. The van der Waals surface area contributed by atoms with E-state index in [0.29, 0.717) is 13.1 Å². The molecule has 4 bridgehead atoms. The van der Waals surface area contributed by atoms with Crippen molar-refractivity contribution in [2.45, 2.75) is 19.3 Å². The van der Waals surface area contributed by atoms with Crippen molar-refractivity contribution >= 4 is 30.1 Å². The van der Waals surface area contributed by atoms with Crippen molar-refractivity contribution in [1.82, 2.24) is 19.6 Å². The number of nitrogens with zero attached hydrogens (tertiary/aromatic N) is 4. The first kappa shape index (κ1) is 20.2. The van der Waals surface area contributed by atoms with E-state index < -0.39 is 18.1 Å². The summed E-state index contributed by atoms with van der Waals surface area (Å²) >= 11 is -1.74. The van der Waals surface area contributed by atoms with Crippen molar-refractivity contribution in [3.8, 4) is 0 Å². The number of hydrogen-bond acceptors (Lipinski definition) is 8. The molecule has 26 heavy (non-hydrogen) atoms. The molecule has 4 aliphatic rings. The monoisotopic (exact) mass is 423 g/mol. The normalized spacial score (nSPS) is 35.2. The maximum absolute atomic E-state index is 12.1. The molecule has 4 unspecified atom stereocenters. The Morgan fingerprint density at radius 1 is 0.538 bits per heavy atom. The Bertz CT molecular complexity index is 442. The van der Waals surface area contributed by atoms with Crippen LogP contribution in [0.15, 0.2) is 0 Å². The van der Waals surface area contributed by atoms with Crippen LogP contribution in [0.2, 0.25) is 0 Å². The molecule has 0 spiro atoms. The molecule has 0 aliphatic carbocycles. The van der Waals surface area contributed by atoms with Gasteiger partial charge in [0.25, 0.3) is 0 Å². The average molecular weight is 424 g/mol. The number of fused-ring (bicyclic) bond motifs is 14. The fourth-order valence-corrected chi connectivity index (χ4v) is 4.77. The molecule has 4 saturated heterocycles. The minimum atomic E-state index is -1.74. The van der Waals surface area contributed by atoms with E-state index in [1.165, 1.54) is 6.42 Å². The number of carbonyl (C=O) groups excluding carboxylic acids is 2. The van der Waals surface area contributed by atoms with E-state index in [-0.39, 0.29) is 11.9 Å². The van der Waals surface area contributed by atoms with Crippen LogP contribution in [0, 0.1) is 0 Å².